The number of urea groups is 1. The van der Waals surface area contributed by atoms with Crippen molar-refractivity contribution in [3.8, 4) is 0 Å². The number of methoxy groups -OCH3 is 1. The van der Waals surface area contributed by atoms with Gasteiger partial charge in [0.25, 0.3) is 0 Å². The van der Waals surface area contributed by atoms with E-state index in [1.54, 1.807) is 31.6 Å². The Morgan fingerprint density at radius 2 is 2.21 bits per heavy atom. The second-order valence-electron chi connectivity index (χ2n) is 5.04. The number of ether oxygens (including phenoxy) is 1. The molecule has 9 nitrogen and oxygen atoms in total. The fourth-order valence-electron chi connectivity index (χ4n) is 2.07. The molecule has 9 heteroatoms. The monoisotopic (exact) mass is 332 g/mol. The zero-order valence-electron chi connectivity index (χ0n) is 13.4. The van der Waals surface area contributed by atoms with Crippen LogP contribution in [-0.4, -0.2) is 40.4 Å². The van der Waals surface area contributed by atoms with Crippen molar-refractivity contribution in [3.63, 3.8) is 0 Å². The fourth-order valence-corrected chi connectivity index (χ4v) is 2.07. The first-order chi connectivity index (χ1) is 11.6. The van der Waals surface area contributed by atoms with Crippen molar-refractivity contribution in [2.75, 3.05) is 19.0 Å². The summed E-state index contributed by atoms with van der Waals surface area (Å²) in [7, 11) is 1.65. The summed E-state index contributed by atoms with van der Waals surface area (Å²) < 4.78 is 6.86. The van der Waals surface area contributed by atoms with Crippen LogP contribution < -0.4 is 16.4 Å². The van der Waals surface area contributed by atoms with Crippen molar-refractivity contribution in [1.82, 2.24) is 20.1 Å². The molecule has 128 valence electrons. The summed E-state index contributed by atoms with van der Waals surface area (Å²) in [6.45, 7) is 1.58. The number of benzene rings is 1. The van der Waals surface area contributed by atoms with E-state index in [1.807, 2.05) is 4.57 Å². The van der Waals surface area contributed by atoms with Crippen LogP contribution in [0.15, 0.2) is 30.6 Å². The van der Waals surface area contributed by atoms with E-state index in [9.17, 15) is 9.59 Å². The van der Waals surface area contributed by atoms with Gasteiger partial charge in [0.2, 0.25) is 5.91 Å². The molecule has 0 atom stereocenters. The van der Waals surface area contributed by atoms with Crippen LogP contribution in [0.5, 0.6) is 0 Å². The molecule has 0 saturated carbocycles. The Balaban J connectivity index is 1.86. The van der Waals surface area contributed by atoms with Gasteiger partial charge in [0.05, 0.1) is 6.54 Å². The average Bonchev–Trinajstić information content (AvgIpc) is 3.01. The number of rotatable bonds is 8. The number of hydrogen-bond acceptors (Lipinski definition) is 5. The molecule has 0 radical (unpaired) electrons. The molecular formula is C15H20N6O3. The lowest BCUT2D eigenvalue weighted by atomic mass is 10.2. The normalized spacial score (nSPS) is 10.4. The highest BCUT2D eigenvalue weighted by molar-refractivity contribution is 5.95. The van der Waals surface area contributed by atoms with Crippen molar-refractivity contribution in [2.24, 2.45) is 5.73 Å². The lowest BCUT2D eigenvalue weighted by Crippen LogP contribution is -2.29. The topological polar surface area (TPSA) is 124 Å². The van der Waals surface area contributed by atoms with Crippen molar-refractivity contribution >= 4 is 17.6 Å². The van der Waals surface area contributed by atoms with Gasteiger partial charge < -0.3 is 25.7 Å². The average molecular weight is 332 g/mol. The quantitative estimate of drug-likeness (QED) is 0.615. The van der Waals surface area contributed by atoms with E-state index < -0.39 is 11.9 Å². The van der Waals surface area contributed by atoms with Crippen LogP contribution in [0.3, 0.4) is 0 Å². The molecule has 0 aliphatic carbocycles. The van der Waals surface area contributed by atoms with Crippen molar-refractivity contribution < 1.29 is 14.3 Å². The minimum absolute atomic E-state index is 0.230. The maximum Gasteiger partial charge on any atom is 0.319 e. The SMILES string of the molecule is COCCCn1cnnc1CNC(=O)Nc1cccc(C(N)=O)c1. The van der Waals surface area contributed by atoms with Gasteiger partial charge in [-0.2, -0.15) is 0 Å². The molecule has 2 rings (SSSR count). The van der Waals surface area contributed by atoms with E-state index >= 15 is 0 Å². The Labute approximate surface area is 139 Å². The maximum absolute atomic E-state index is 11.9. The van der Waals surface area contributed by atoms with Crippen molar-refractivity contribution in [2.45, 2.75) is 19.5 Å². The predicted molar refractivity (Wildman–Crippen MR) is 87.3 cm³/mol. The van der Waals surface area contributed by atoms with E-state index in [0.717, 1.165) is 6.42 Å². The minimum atomic E-state index is -0.553. The van der Waals surface area contributed by atoms with Crippen LogP contribution in [0.1, 0.15) is 22.6 Å². The summed E-state index contributed by atoms with van der Waals surface area (Å²) in [4.78, 5) is 23.1. The Kier molecular flexibility index (Phi) is 6.26. The molecule has 24 heavy (non-hydrogen) atoms. The molecule has 0 unspecified atom stereocenters. The third-order valence-corrected chi connectivity index (χ3v) is 3.26. The van der Waals surface area contributed by atoms with Crippen LogP contribution in [-0.2, 0) is 17.8 Å². The first kappa shape index (κ1) is 17.4. The Morgan fingerprint density at radius 1 is 1.38 bits per heavy atom. The third kappa shape index (κ3) is 5.06. The highest BCUT2D eigenvalue weighted by atomic mass is 16.5. The minimum Gasteiger partial charge on any atom is -0.385 e. The standard InChI is InChI=1S/C15H20N6O3/c1-24-7-3-6-21-10-18-20-13(21)9-17-15(23)19-12-5-2-4-11(8-12)14(16)22/h2,4-5,8,10H,3,6-7,9H2,1H3,(H2,16,22)(H2,17,19,23). The summed E-state index contributed by atoms with van der Waals surface area (Å²) in [5.74, 6) is 0.0929. The summed E-state index contributed by atoms with van der Waals surface area (Å²) >= 11 is 0. The zero-order valence-corrected chi connectivity index (χ0v) is 13.4. The van der Waals surface area contributed by atoms with Crippen LogP contribution in [0, 0.1) is 0 Å². The number of hydrogen-bond donors (Lipinski definition) is 3. The number of aromatic nitrogens is 3. The number of amides is 3. The van der Waals surface area contributed by atoms with Gasteiger partial charge in [-0.25, -0.2) is 4.79 Å². The number of carbonyl (C=O) groups is 2. The third-order valence-electron chi connectivity index (χ3n) is 3.26. The van der Waals surface area contributed by atoms with E-state index in [2.05, 4.69) is 20.8 Å². The van der Waals surface area contributed by atoms with E-state index in [-0.39, 0.29) is 6.54 Å². The molecule has 0 spiro atoms. The molecule has 1 heterocycles. The van der Waals surface area contributed by atoms with E-state index in [0.29, 0.717) is 30.2 Å². The van der Waals surface area contributed by atoms with Crippen molar-refractivity contribution in [3.05, 3.63) is 42.0 Å². The Morgan fingerprint density at radius 3 is 2.96 bits per heavy atom. The highest BCUT2D eigenvalue weighted by Gasteiger charge is 2.08. The number of primary amides is 1. The largest absolute Gasteiger partial charge is 0.385 e. The van der Waals surface area contributed by atoms with Gasteiger partial charge in [0, 0.05) is 31.5 Å². The smallest absolute Gasteiger partial charge is 0.319 e. The molecule has 1 aromatic carbocycles. The van der Waals surface area contributed by atoms with Gasteiger partial charge >= 0.3 is 6.03 Å². The molecule has 0 saturated heterocycles. The molecule has 0 fully saturated rings. The van der Waals surface area contributed by atoms with Gasteiger partial charge in [0.1, 0.15) is 6.33 Å². The maximum atomic E-state index is 11.9. The van der Waals surface area contributed by atoms with Crippen LogP contribution in [0.25, 0.3) is 0 Å². The van der Waals surface area contributed by atoms with Crippen LogP contribution >= 0.6 is 0 Å². The predicted octanol–water partition coefficient (Wildman–Crippen LogP) is 0.735. The second-order valence-corrected chi connectivity index (χ2v) is 5.04. The number of nitrogens with zero attached hydrogens (tertiary/aromatic N) is 3. The van der Waals surface area contributed by atoms with Gasteiger partial charge in [-0.1, -0.05) is 6.07 Å². The van der Waals surface area contributed by atoms with Gasteiger partial charge in [-0.15, -0.1) is 10.2 Å². The molecular weight excluding hydrogens is 312 g/mol. The number of aryl methyl sites for hydroxylation is 1. The van der Waals surface area contributed by atoms with Gasteiger partial charge in [0.15, 0.2) is 5.82 Å². The second kappa shape index (κ2) is 8.63. The highest BCUT2D eigenvalue weighted by Crippen LogP contribution is 2.10. The molecule has 0 aliphatic heterocycles. The summed E-state index contributed by atoms with van der Waals surface area (Å²) in [5.41, 5.74) is 6.01. The fraction of sp³-hybridized carbons (Fsp3) is 0.333. The van der Waals surface area contributed by atoms with E-state index in [1.165, 1.54) is 6.07 Å². The summed E-state index contributed by atoms with van der Waals surface area (Å²) in [5, 5.41) is 13.2. The first-order valence-corrected chi connectivity index (χ1v) is 7.40. The zero-order chi connectivity index (χ0) is 17.4. The molecule has 0 bridgehead atoms. The van der Waals surface area contributed by atoms with Crippen LogP contribution in [0.2, 0.25) is 0 Å². The molecule has 4 N–H and O–H groups in total. The Hall–Kier alpha value is -2.94. The first-order valence-electron chi connectivity index (χ1n) is 7.40. The van der Waals surface area contributed by atoms with E-state index in [4.69, 9.17) is 10.5 Å². The van der Waals surface area contributed by atoms with Crippen LogP contribution in [0.4, 0.5) is 10.5 Å². The number of nitrogens with two attached hydrogens (primary N) is 1. The lowest BCUT2D eigenvalue weighted by Gasteiger charge is -2.09. The molecule has 2 aromatic rings. The number of carbonyl (C=O) groups excluding carboxylic acids is 2. The molecule has 3 amide bonds. The van der Waals surface area contributed by atoms with Crippen molar-refractivity contribution in [1.29, 1.82) is 0 Å². The van der Waals surface area contributed by atoms with Gasteiger partial charge in [-0.05, 0) is 24.6 Å². The summed E-state index contributed by atoms with van der Waals surface area (Å²) in [6.07, 6.45) is 2.44. The number of anilines is 1. The molecule has 0 aliphatic rings. The summed E-state index contributed by atoms with van der Waals surface area (Å²) in [6, 6.07) is 5.98. The lowest BCUT2D eigenvalue weighted by molar-refractivity contribution is 0.1000. The van der Waals surface area contributed by atoms with Gasteiger partial charge in [-0.3, -0.25) is 4.79 Å². The number of nitrogens with one attached hydrogen (secondary N) is 2. The Bertz CT molecular complexity index is 700. The molecule has 1 aromatic heterocycles.